The number of fused-ring (bicyclic) bond motifs is 2. The van der Waals surface area contributed by atoms with Crippen molar-refractivity contribution in [2.24, 2.45) is 0 Å². The minimum atomic E-state index is -0.301. The molecule has 0 bridgehead atoms. The largest absolute Gasteiger partial charge is 0.454 e. The highest BCUT2D eigenvalue weighted by Gasteiger charge is 2.39. The van der Waals surface area contributed by atoms with Crippen LogP contribution in [0.2, 0.25) is 0 Å². The van der Waals surface area contributed by atoms with Crippen molar-refractivity contribution in [1.82, 2.24) is 4.90 Å². The Morgan fingerprint density at radius 2 is 1.95 bits per heavy atom. The summed E-state index contributed by atoms with van der Waals surface area (Å²) in [4.78, 5) is 28.3. The van der Waals surface area contributed by atoms with Crippen LogP contribution in [0.3, 0.4) is 0 Å². The van der Waals surface area contributed by atoms with Gasteiger partial charge in [0.15, 0.2) is 11.5 Å². The molecule has 4 rings (SSSR count). The normalized spacial score (nSPS) is 24.3. The van der Waals surface area contributed by atoms with Gasteiger partial charge in [-0.1, -0.05) is 0 Å². The van der Waals surface area contributed by atoms with Gasteiger partial charge in [0.1, 0.15) is 6.04 Å². The average molecular weight is 288 g/mol. The molecule has 2 saturated heterocycles. The Labute approximate surface area is 122 Å². The first kappa shape index (κ1) is 12.5. The Morgan fingerprint density at radius 3 is 2.86 bits per heavy atom. The lowest BCUT2D eigenvalue weighted by molar-refractivity contribution is -0.135. The van der Waals surface area contributed by atoms with Crippen LogP contribution in [0.15, 0.2) is 18.2 Å². The van der Waals surface area contributed by atoms with Crippen LogP contribution in [-0.2, 0) is 9.59 Å². The van der Waals surface area contributed by atoms with E-state index in [1.54, 1.807) is 9.80 Å². The average Bonchev–Trinajstić information content (AvgIpc) is 3.13. The van der Waals surface area contributed by atoms with Gasteiger partial charge in [0.2, 0.25) is 18.6 Å². The maximum absolute atomic E-state index is 12.7. The molecule has 21 heavy (non-hydrogen) atoms. The van der Waals surface area contributed by atoms with Gasteiger partial charge in [-0.2, -0.15) is 0 Å². The van der Waals surface area contributed by atoms with Gasteiger partial charge < -0.3 is 19.3 Å². The fourth-order valence-corrected chi connectivity index (χ4v) is 3.27. The Bertz CT molecular complexity index is 616. The van der Waals surface area contributed by atoms with E-state index in [2.05, 4.69) is 0 Å². The van der Waals surface area contributed by atoms with Crippen molar-refractivity contribution in [3.8, 4) is 11.5 Å². The third-order valence-corrected chi connectivity index (χ3v) is 4.34. The first-order chi connectivity index (χ1) is 10.2. The summed E-state index contributed by atoms with van der Waals surface area (Å²) >= 11 is 0. The molecule has 6 nitrogen and oxygen atoms in total. The number of carbonyl (C=O) groups excluding carboxylic acids is 2. The van der Waals surface area contributed by atoms with E-state index >= 15 is 0 Å². The van der Waals surface area contributed by atoms with Crippen molar-refractivity contribution in [2.45, 2.75) is 25.3 Å². The second-order valence-corrected chi connectivity index (χ2v) is 5.52. The van der Waals surface area contributed by atoms with E-state index in [-0.39, 0.29) is 24.6 Å². The molecule has 1 aromatic carbocycles. The first-order valence-corrected chi connectivity index (χ1v) is 7.24. The summed E-state index contributed by atoms with van der Waals surface area (Å²) in [5.74, 6) is 1.44. The Hall–Kier alpha value is -2.24. The molecule has 0 aromatic heterocycles. The van der Waals surface area contributed by atoms with E-state index in [4.69, 9.17) is 9.47 Å². The summed E-state index contributed by atoms with van der Waals surface area (Å²) in [6, 6.07) is 5.17. The maximum atomic E-state index is 12.7. The number of carbonyl (C=O) groups is 2. The highest BCUT2D eigenvalue weighted by molar-refractivity contribution is 6.01. The van der Waals surface area contributed by atoms with Crippen molar-refractivity contribution in [1.29, 1.82) is 0 Å². The summed E-state index contributed by atoms with van der Waals surface area (Å²) in [5, 5.41) is 0. The van der Waals surface area contributed by atoms with Gasteiger partial charge in [0.05, 0.1) is 0 Å². The fraction of sp³-hybridized carbons (Fsp3) is 0.467. The van der Waals surface area contributed by atoms with Crippen LogP contribution >= 0.6 is 0 Å². The topological polar surface area (TPSA) is 59.1 Å². The molecule has 3 aliphatic rings. The molecule has 0 aliphatic carbocycles. The Balaban J connectivity index is 1.67. The van der Waals surface area contributed by atoms with Gasteiger partial charge in [0.25, 0.3) is 0 Å². The lowest BCUT2D eigenvalue weighted by Gasteiger charge is -2.25. The Morgan fingerprint density at radius 1 is 1.10 bits per heavy atom. The molecule has 0 radical (unpaired) electrons. The lowest BCUT2D eigenvalue weighted by Crippen LogP contribution is -2.43. The van der Waals surface area contributed by atoms with E-state index in [1.807, 2.05) is 18.2 Å². The molecule has 110 valence electrons. The molecule has 3 aliphatic heterocycles. The lowest BCUT2D eigenvalue weighted by atomic mass is 10.1. The van der Waals surface area contributed by atoms with E-state index in [9.17, 15) is 9.59 Å². The van der Waals surface area contributed by atoms with E-state index in [0.717, 1.165) is 18.5 Å². The molecule has 2 amide bonds. The summed E-state index contributed by atoms with van der Waals surface area (Å²) in [6.45, 7) is 1.33. The van der Waals surface area contributed by atoms with Crippen molar-refractivity contribution in [3.05, 3.63) is 18.2 Å². The van der Waals surface area contributed by atoms with Crippen molar-refractivity contribution >= 4 is 17.5 Å². The third-order valence-electron chi connectivity index (χ3n) is 4.34. The third kappa shape index (κ3) is 1.93. The Kier molecular flexibility index (Phi) is 2.77. The zero-order valence-electron chi connectivity index (χ0n) is 11.6. The number of rotatable bonds is 1. The maximum Gasteiger partial charge on any atom is 0.249 e. The van der Waals surface area contributed by atoms with Crippen LogP contribution in [0.1, 0.15) is 19.3 Å². The van der Waals surface area contributed by atoms with Crippen LogP contribution in [0.25, 0.3) is 0 Å². The van der Waals surface area contributed by atoms with E-state index < -0.39 is 0 Å². The molecule has 0 saturated carbocycles. The van der Waals surface area contributed by atoms with Gasteiger partial charge in [-0.3, -0.25) is 9.59 Å². The highest BCUT2D eigenvalue weighted by Crippen LogP contribution is 2.36. The van der Waals surface area contributed by atoms with Gasteiger partial charge in [-0.05, 0) is 25.0 Å². The van der Waals surface area contributed by atoms with Crippen molar-refractivity contribution in [2.75, 3.05) is 24.8 Å². The number of amides is 2. The van der Waals surface area contributed by atoms with Gasteiger partial charge in [-0.25, -0.2) is 0 Å². The molecule has 1 unspecified atom stereocenters. The second kappa shape index (κ2) is 4.65. The molecule has 0 spiro atoms. The van der Waals surface area contributed by atoms with Crippen LogP contribution < -0.4 is 14.4 Å². The minimum Gasteiger partial charge on any atom is -0.454 e. The SMILES string of the molecule is O=C1C2CCCN2C(=O)CCN1c1ccc2c(c1)OCO2. The number of hydrogen-bond donors (Lipinski definition) is 0. The quantitative estimate of drug-likeness (QED) is 0.777. The summed E-state index contributed by atoms with van der Waals surface area (Å²) in [7, 11) is 0. The van der Waals surface area contributed by atoms with E-state index in [0.29, 0.717) is 31.0 Å². The predicted octanol–water partition coefficient (Wildman–Crippen LogP) is 1.14. The van der Waals surface area contributed by atoms with Gasteiger partial charge >= 0.3 is 0 Å². The minimum absolute atomic E-state index is 0.0113. The number of anilines is 1. The summed E-state index contributed by atoms with van der Waals surface area (Å²) < 4.78 is 10.7. The van der Waals surface area contributed by atoms with Crippen LogP contribution in [-0.4, -0.2) is 42.6 Å². The summed E-state index contributed by atoms with van der Waals surface area (Å²) in [6.07, 6.45) is 2.03. The van der Waals surface area contributed by atoms with Crippen LogP contribution in [0, 0.1) is 0 Å². The molecule has 6 heteroatoms. The molecular formula is C15H16N2O4. The monoisotopic (exact) mass is 288 g/mol. The molecule has 1 aromatic rings. The number of hydrogen-bond acceptors (Lipinski definition) is 4. The first-order valence-electron chi connectivity index (χ1n) is 7.24. The van der Waals surface area contributed by atoms with Gasteiger partial charge in [-0.15, -0.1) is 0 Å². The standard InChI is InChI=1S/C15H16N2O4/c18-14-5-7-16(15(19)11-2-1-6-17(11)14)10-3-4-12-13(8-10)21-9-20-12/h3-4,8,11H,1-2,5-7,9H2. The number of nitrogens with zero attached hydrogens (tertiary/aromatic N) is 2. The summed E-state index contributed by atoms with van der Waals surface area (Å²) in [5.41, 5.74) is 0.769. The highest BCUT2D eigenvalue weighted by atomic mass is 16.7. The number of benzene rings is 1. The predicted molar refractivity (Wildman–Crippen MR) is 74.3 cm³/mol. The van der Waals surface area contributed by atoms with Crippen molar-refractivity contribution in [3.63, 3.8) is 0 Å². The van der Waals surface area contributed by atoms with Gasteiger partial charge in [0, 0.05) is 31.3 Å². The molecular weight excluding hydrogens is 272 g/mol. The smallest absolute Gasteiger partial charge is 0.249 e. The van der Waals surface area contributed by atoms with Crippen molar-refractivity contribution < 1.29 is 19.1 Å². The van der Waals surface area contributed by atoms with Crippen LogP contribution in [0.5, 0.6) is 11.5 Å². The molecule has 1 atom stereocenters. The zero-order chi connectivity index (χ0) is 14.4. The molecule has 3 heterocycles. The second-order valence-electron chi connectivity index (χ2n) is 5.52. The molecule has 0 N–H and O–H groups in total. The fourth-order valence-electron chi connectivity index (χ4n) is 3.27. The van der Waals surface area contributed by atoms with Crippen LogP contribution in [0.4, 0.5) is 5.69 Å². The van der Waals surface area contributed by atoms with E-state index in [1.165, 1.54) is 0 Å². The molecule has 2 fully saturated rings. The number of ether oxygens (including phenoxy) is 2. The zero-order valence-corrected chi connectivity index (χ0v) is 11.6.